The maximum Gasteiger partial charge on any atom is 0.326 e. The van der Waals surface area contributed by atoms with Gasteiger partial charge in [0, 0.05) is 0 Å². The highest BCUT2D eigenvalue weighted by Gasteiger charge is 2.39. The topological polar surface area (TPSA) is 66.8 Å². The minimum absolute atomic E-state index is 0.322. The van der Waals surface area contributed by atoms with Gasteiger partial charge in [-0.15, -0.1) is 0 Å². The third-order valence-electron chi connectivity index (χ3n) is 4.69. The molecule has 1 amide bonds. The predicted octanol–water partition coefficient (Wildman–Crippen LogP) is 3.50. The van der Waals surface area contributed by atoms with Crippen LogP contribution in [0.25, 0.3) is 0 Å². The van der Waals surface area contributed by atoms with Crippen LogP contribution in [-0.2, 0) is 16.0 Å². The predicted molar refractivity (Wildman–Crippen MR) is 99.7 cm³/mol. The highest BCUT2D eigenvalue weighted by atomic mass is 16.5. The molecule has 5 heteroatoms. The molecule has 0 aliphatic carbocycles. The zero-order valence-electron chi connectivity index (χ0n) is 15.2. The number of ether oxygens (including phenoxy) is 1. The average Bonchev–Trinajstić information content (AvgIpc) is 2.59. The summed E-state index contributed by atoms with van der Waals surface area (Å²) < 4.78 is 5.68. The van der Waals surface area contributed by atoms with Crippen molar-refractivity contribution in [2.24, 2.45) is 0 Å². The summed E-state index contributed by atoms with van der Waals surface area (Å²) in [4.78, 5) is 26.1. The summed E-state index contributed by atoms with van der Waals surface area (Å²) >= 11 is 0. The Morgan fingerprint density at radius 1 is 1.15 bits per heavy atom. The van der Waals surface area contributed by atoms with Crippen molar-refractivity contribution in [3.63, 3.8) is 0 Å². The summed E-state index contributed by atoms with van der Waals surface area (Å²) in [5.74, 6) is -0.776. The van der Waals surface area contributed by atoms with Crippen molar-refractivity contribution in [1.29, 1.82) is 0 Å². The van der Waals surface area contributed by atoms with Crippen molar-refractivity contribution in [2.45, 2.75) is 45.8 Å². The molecule has 5 nitrogen and oxygen atoms in total. The van der Waals surface area contributed by atoms with Crippen LogP contribution in [0.15, 0.2) is 42.5 Å². The number of hydrogen-bond donors (Lipinski definition) is 1. The highest BCUT2D eigenvalue weighted by Crippen LogP contribution is 2.36. The summed E-state index contributed by atoms with van der Waals surface area (Å²) in [6, 6.07) is 12.5. The minimum atomic E-state index is -1.01. The van der Waals surface area contributed by atoms with E-state index in [1.807, 2.05) is 50.2 Å². The molecule has 0 aromatic heterocycles. The molecule has 3 rings (SSSR count). The van der Waals surface area contributed by atoms with Gasteiger partial charge in [0.25, 0.3) is 5.91 Å². The number of nitrogens with zero attached hydrogens (tertiary/aromatic N) is 1. The lowest BCUT2D eigenvalue weighted by atomic mass is 10.0. The number of aliphatic carboxylic acids is 1. The summed E-state index contributed by atoms with van der Waals surface area (Å²) in [6.07, 6.45) is 0.215. The van der Waals surface area contributed by atoms with Gasteiger partial charge in [0.2, 0.25) is 0 Å². The number of carbonyl (C=O) groups is 2. The van der Waals surface area contributed by atoms with Crippen molar-refractivity contribution < 1.29 is 19.4 Å². The number of fused-ring (bicyclic) bond motifs is 1. The third kappa shape index (κ3) is 3.57. The molecule has 0 radical (unpaired) electrons. The number of aryl methyl sites for hydroxylation is 3. The van der Waals surface area contributed by atoms with Gasteiger partial charge in [-0.2, -0.15) is 0 Å². The van der Waals surface area contributed by atoms with Crippen LogP contribution in [0.2, 0.25) is 0 Å². The van der Waals surface area contributed by atoms with Crippen LogP contribution in [0.3, 0.4) is 0 Å². The number of carbonyl (C=O) groups excluding carboxylic acids is 1. The van der Waals surface area contributed by atoms with Gasteiger partial charge in [0.15, 0.2) is 6.10 Å². The van der Waals surface area contributed by atoms with Crippen LogP contribution in [0.1, 0.15) is 30.0 Å². The molecule has 0 bridgehead atoms. The first-order valence-corrected chi connectivity index (χ1v) is 8.75. The Morgan fingerprint density at radius 3 is 2.46 bits per heavy atom. The van der Waals surface area contributed by atoms with Gasteiger partial charge in [-0.3, -0.25) is 9.69 Å². The largest absolute Gasteiger partial charge is 0.480 e. The van der Waals surface area contributed by atoms with Crippen LogP contribution in [0.4, 0.5) is 5.69 Å². The van der Waals surface area contributed by atoms with Gasteiger partial charge in [0.1, 0.15) is 11.8 Å². The van der Waals surface area contributed by atoms with Crippen LogP contribution in [0, 0.1) is 13.8 Å². The molecule has 0 fully saturated rings. The zero-order chi connectivity index (χ0) is 18.8. The Labute approximate surface area is 153 Å². The van der Waals surface area contributed by atoms with E-state index in [2.05, 4.69) is 0 Å². The first-order chi connectivity index (χ1) is 12.4. The molecule has 2 unspecified atom stereocenters. The second-order valence-electron chi connectivity index (χ2n) is 6.82. The van der Waals surface area contributed by atoms with E-state index in [0.717, 1.165) is 16.7 Å². The fourth-order valence-electron chi connectivity index (χ4n) is 3.21. The Kier molecular flexibility index (Phi) is 4.98. The van der Waals surface area contributed by atoms with E-state index in [1.54, 1.807) is 13.0 Å². The quantitative estimate of drug-likeness (QED) is 0.893. The van der Waals surface area contributed by atoms with Crippen molar-refractivity contribution >= 4 is 17.6 Å². The molecule has 2 aromatic carbocycles. The monoisotopic (exact) mass is 353 g/mol. The number of anilines is 1. The summed E-state index contributed by atoms with van der Waals surface area (Å²) in [7, 11) is 0. The molecule has 136 valence electrons. The first-order valence-electron chi connectivity index (χ1n) is 8.75. The smallest absolute Gasteiger partial charge is 0.326 e. The van der Waals surface area contributed by atoms with Crippen molar-refractivity contribution in [1.82, 2.24) is 0 Å². The second kappa shape index (κ2) is 7.20. The number of carboxylic acid groups (broad SMARTS) is 1. The maximum absolute atomic E-state index is 12.7. The first kappa shape index (κ1) is 18.0. The van der Waals surface area contributed by atoms with Crippen LogP contribution >= 0.6 is 0 Å². The fraction of sp³-hybridized carbons (Fsp3) is 0.333. The SMILES string of the molecule is Cc1ccc(CCC(C(=O)O)N2C(=O)C(C)Oc3cc(C)ccc32)cc1. The van der Waals surface area contributed by atoms with E-state index in [-0.39, 0.29) is 5.91 Å². The third-order valence-corrected chi connectivity index (χ3v) is 4.69. The number of rotatable bonds is 5. The lowest BCUT2D eigenvalue weighted by Crippen LogP contribution is -2.52. The molecule has 1 N–H and O–H groups in total. The van der Waals surface area contributed by atoms with E-state index >= 15 is 0 Å². The minimum Gasteiger partial charge on any atom is -0.480 e. The number of amides is 1. The standard InChI is InChI=1S/C21H23NO4/c1-13-4-7-16(8-5-13)9-11-18(21(24)25)22-17-10-6-14(2)12-19(17)26-15(3)20(22)23/h4-8,10,12,15,18H,9,11H2,1-3H3,(H,24,25). The number of carboxylic acids is 1. The molecular weight excluding hydrogens is 330 g/mol. The molecule has 0 saturated heterocycles. The Bertz CT molecular complexity index is 828. The van der Waals surface area contributed by atoms with Gasteiger partial charge in [-0.05, 0) is 56.9 Å². The van der Waals surface area contributed by atoms with Gasteiger partial charge in [0.05, 0.1) is 5.69 Å². The molecule has 1 aliphatic heterocycles. The molecule has 1 heterocycles. The van der Waals surface area contributed by atoms with Gasteiger partial charge < -0.3 is 9.84 Å². The molecule has 0 saturated carbocycles. The highest BCUT2D eigenvalue weighted by molar-refractivity contribution is 6.04. The van der Waals surface area contributed by atoms with Gasteiger partial charge in [-0.25, -0.2) is 4.79 Å². The lowest BCUT2D eigenvalue weighted by Gasteiger charge is -2.36. The zero-order valence-corrected chi connectivity index (χ0v) is 15.2. The molecule has 1 aliphatic rings. The second-order valence-corrected chi connectivity index (χ2v) is 6.82. The van der Waals surface area contributed by atoms with Gasteiger partial charge >= 0.3 is 5.97 Å². The normalized spacial score (nSPS) is 17.4. The average molecular weight is 353 g/mol. The molecule has 0 spiro atoms. The maximum atomic E-state index is 12.7. The summed E-state index contributed by atoms with van der Waals surface area (Å²) in [6.45, 7) is 5.59. The molecular formula is C21H23NO4. The Hall–Kier alpha value is -2.82. The van der Waals surface area contributed by atoms with E-state index in [1.165, 1.54) is 4.90 Å². The molecule has 2 aromatic rings. The van der Waals surface area contributed by atoms with E-state index in [9.17, 15) is 14.7 Å². The Morgan fingerprint density at radius 2 is 1.81 bits per heavy atom. The van der Waals surface area contributed by atoms with E-state index in [4.69, 9.17) is 4.74 Å². The molecule has 2 atom stereocenters. The number of hydrogen-bond acceptors (Lipinski definition) is 3. The van der Waals surface area contributed by atoms with Crippen molar-refractivity contribution in [3.05, 3.63) is 59.2 Å². The lowest BCUT2D eigenvalue weighted by molar-refractivity contribution is -0.141. The van der Waals surface area contributed by atoms with Crippen molar-refractivity contribution in [2.75, 3.05) is 4.90 Å². The van der Waals surface area contributed by atoms with E-state index < -0.39 is 18.1 Å². The fourth-order valence-corrected chi connectivity index (χ4v) is 3.21. The summed E-state index contributed by atoms with van der Waals surface area (Å²) in [5.41, 5.74) is 3.73. The van der Waals surface area contributed by atoms with Crippen LogP contribution in [-0.4, -0.2) is 29.1 Å². The van der Waals surface area contributed by atoms with Gasteiger partial charge in [-0.1, -0.05) is 35.9 Å². The van der Waals surface area contributed by atoms with E-state index in [0.29, 0.717) is 24.3 Å². The van der Waals surface area contributed by atoms with Crippen molar-refractivity contribution in [3.8, 4) is 5.75 Å². The summed E-state index contributed by atoms with van der Waals surface area (Å²) in [5, 5.41) is 9.80. The van der Waals surface area contributed by atoms with Crippen LogP contribution < -0.4 is 9.64 Å². The number of benzene rings is 2. The van der Waals surface area contributed by atoms with Crippen LogP contribution in [0.5, 0.6) is 5.75 Å². The molecule has 26 heavy (non-hydrogen) atoms. The Balaban J connectivity index is 1.90.